The largest absolute Gasteiger partial charge is 0.456 e. The lowest BCUT2D eigenvalue weighted by Gasteiger charge is -2.39. The number of carbonyl (C=O) groups is 3. The number of hydrogen-bond donors (Lipinski definition) is 0. The van der Waals surface area contributed by atoms with Gasteiger partial charge < -0.3 is 18.9 Å². The summed E-state index contributed by atoms with van der Waals surface area (Å²) in [4.78, 5) is 39.2. The van der Waals surface area contributed by atoms with Crippen molar-refractivity contribution in [3.05, 3.63) is 29.3 Å². The zero-order chi connectivity index (χ0) is 19.6. The minimum atomic E-state index is -0.999. The first-order valence-corrected chi connectivity index (χ1v) is 9.15. The number of fused-ring (bicyclic) bond motifs is 1. The summed E-state index contributed by atoms with van der Waals surface area (Å²) in [5.41, 5.74) is 0.786. The van der Waals surface area contributed by atoms with Crippen molar-refractivity contribution in [2.75, 3.05) is 6.61 Å². The number of para-hydroxylation sites is 1. The van der Waals surface area contributed by atoms with E-state index in [1.54, 1.807) is 0 Å². The molecule has 2 heterocycles. The molecule has 0 radical (unpaired) electrons. The minimum Gasteiger partial charge on any atom is -0.456 e. The number of aromatic nitrogens is 1. The zero-order valence-electron chi connectivity index (χ0n) is 15.0. The number of carbonyl (C=O) groups excluding carboxylic acids is 3. The van der Waals surface area contributed by atoms with Crippen molar-refractivity contribution >= 4 is 39.5 Å². The van der Waals surface area contributed by atoms with Gasteiger partial charge in [-0.25, -0.2) is 4.98 Å². The fraction of sp³-hybridized carbons (Fsp3) is 0.444. The highest BCUT2D eigenvalue weighted by atomic mass is 32.1. The Morgan fingerprint density at radius 1 is 1.00 bits per heavy atom. The van der Waals surface area contributed by atoms with Crippen LogP contribution in [0.1, 0.15) is 31.9 Å². The van der Waals surface area contributed by atoms with E-state index in [1.807, 2.05) is 24.3 Å². The number of esters is 3. The number of nitrogens with zero attached hydrogens (tertiary/aromatic N) is 1. The smallest absolute Gasteiger partial charge is 0.303 e. The maximum Gasteiger partial charge on any atom is 0.303 e. The first kappa shape index (κ1) is 19.2. The molecule has 1 saturated heterocycles. The lowest BCUT2D eigenvalue weighted by Crippen LogP contribution is -2.54. The molecule has 144 valence electrons. The average Bonchev–Trinajstić information content (AvgIpc) is 3.00. The van der Waals surface area contributed by atoms with Crippen LogP contribution in [-0.4, -0.2) is 47.8 Å². The van der Waals surface area contributed by atoms with E-state index < -0.39 is 42.3 Å². The number of thiazole rings is 1. The molecule has 0 bridgehead atoms. The Morgan fingerprint density at radius 3 is 2.26 bits per heavy atom. The van der Waals surface area contributed by atoms with Gasteiger partial charge in [0, 0.05) is 20.8 Å². The molecule has 2 aromatic rings. The predicted molar refractivity (Wildman–Crippen MR) is 95.0 cm³/mol. The Morgan fingerprint density at radius 2 is 1.63 bits per heavy atom. The molecule has 27 heavy (non-hydrogen) atoms. The highest BCUT2D eigenvalue weighted by molar-refractivity contribution is 7.18. The number of hydrogen-bond acceptors (Lipinski definition) is 9. The molecule has 1 fully saturated rings. The fourth-order valence-corrected chi connectivity index (χ4v) is 4.02. The number of benzene rings is 1. The van der Waals surface area contributed by atoms with Gasteiger partial charge in [-0.1, -0.05) is 12.1 Å². The lowest BCUT2D eigenvalue weighted by atomic mass is 9.99. The van der Waals surface area contributed by atoms with Gasteiger partial charge in [-0.05, 0) is 12.1 Å². The van der Waals surface area contributed by atoms with E-state index in [9.17, 15) is 14.4 Å². The van der Waals surface area contributed by atoms with Crippen molar-refractivity contribution < 1.29 is 33.3 Å². The molecule has 1 aromatic carbocycles. The monoisotopic (exact) mass is 393 g/mol. The first-order chi connectivity index (χ1) is 12.8. The molecule has 3 rings (SSSR count). The summed E-state index contributed by atoms with van der Waals surface area (Å²) < 4.78 is 22.8. The van der Waals surface area contributed by atoms with Crippen LogP contribution >= 0.6 is 11.3 Å². The van der Waals surface area contributed by atoms with Crippen LogP contribution in [0.3, 0.4) is 0 Å². The van der Waals surface area contributed by atoms with Gasteiger partial charge in [-0.3, -0.25) is 14.4 Å². The van der Waals surface area contributed by atoms with Crippen molar-refractivity contribution in [2.45, 2.75) is 45.2 Å². The van der Waals surface area contributed by atoms with Crippen molar-refractivity contribution in [3.8, 4) is 0 Å². The Bertz CT molecular complexity index is 831. The summed E-state index contributed by atoms with van der Waals surface area (Å²) in [5.74, 6) is -1.71. The minimum absolute atomic E-state index is 0.0180. The molecule has 1 aromatic heterocycles. The Kier molecular flexibility index (Phi) is 5.71. The SMILES string of the molecule is CC(=O)O[C@H]1[C@H](OC(C)=O)[C@H](OC(C)=O)CO[C@@H]1c1nc2ccccc2s1. The van der Waals surface area contributed by atoms with Crippen molar-refractivity contribution in [1.29, 1.82) is 0 Å². The molecule has 9 heteroatoms. The van der Waals surface area contributed by atoms with Gasteiger partial charge in [0.1, 0.15) is 11.1 Å². The second-order valence-corrected chi connectivity index (χ2v) is 7.13. The second-order valence-electron chi connectivity index (χ2n) is 6.07. The van der Waals surface area contributed by atoms with Crippen LogP contribution < -0.4 is 0 Å². The van der Waals surface area contributed by atoms with Crippen LogP contribution in [0.5, 0.6) is 0 Å². The van der Waals surface area contributed by atoms with Gasteiger partial charge in [0.2, 0.25) is 0 Å². The molecule has 0 spiro atoms. The third-order valence-corrected chi connectivity index (χ3v) is 5.00. The Balaban J connectivity index is 1.97. The van der Waals surface area contributed by atoms with E-state index in [0.717, 1.165) is 10.2 Å². The quantitative estimate of drug-likeness (QED) is 0.575. The van der Waals surface area contributed by atoms with E-state index in [-0.39, 0.29) is 6.61 Å². The number of rotatable bonds is 4. The number of ether oxygens (including phenoxy) is 4. The topological polar surface area (TPSA) is 101 Å². The molecular weight excluding hydrogens is 374 g/mol. The van der Waals surface area contributed by atoms with Crippen LogP contribution in [0.2, 0.25) is 0 Å². The third kappa shape index (κ3) is 4.42. The maximum absolute atomic E-state index is 11.7. The molecule has 0 aliphatic carbocycles. The third-order valence-electron chi connectivity index (χ3n) is 3.90. The Labute approximate surface area is 159 Å². The van der Waals surface area contributed by atoms with Crippen molar-refractivity contribution in [3.63, 3.8) is 0 Å². The van der Waals surface area contributed by atoms with Gasteiger partial charge in [-0.15, -0.1) is 11.3 Å². The van der Waals surface area contributed by atoms with Gasteiger partial charge in [0.25, 0.3) is 0 Å². The molecule has 8 nitrogen and oxygen atoms in total. The van der Waals surface area contributed by atoms with E-state index in [0.29, 0.717) is 5.01 Å². The molecule has 4 atom stereocenters. The average molecular weight is 393 g/mol. The van der Waals surface area contributed by atoms with E-state index >= 15 is 0 Å². The molecule has 1 aliphatic rings. The van der Waals surface area contributed by atoms with Crippen LogP contribution in [0.15, 0.2) is 24.3 Å². The van der Waals surface area contributed by atoms with Crippen LogP contribution in [-0.2, 0) is 33.3 Å². The van der Waals surface area contributed by atoms with Gasteiger partial charge in [-0.2, -0.15) is 0 Å². The van der Waals surface area contributed by atoms with Crippen LogP contribution in [0, 0.1) is 0 Å². The molecule has 0 amide bonds. The normalized spacial score (nSPS) is 25.0. The molecule has 1 aliphatic heterocycles. The summed E-state index contributed by atoms with van der Waals surface area (Å²) in [6, 6.07) is 7.55. The highest BCUT2D eigenvalue weighted by Crippen LogP contribution is 2.37. The maximum atomic E-state index is 11.7. The zero-order valence-corrected chi connectivity index (χ0v) is 15.9. The van der Waals surface area contributed by atoms with Crippen LogP contribution in [0.4, 0.5) is 0 Å². The van der Waals surface area contributed by atoms with Gasteiger partial charge >= 0.3 is 17.9 Å². The molecule has 0 N–H and O–H groups in total. The second kappa shape index (κ2) is 8.01. The van der Waals surface area contributed by atoms with Crippen LogP contribution in [0.25, 0.3) is 10.2 Å². The summed E-state index contributed by atoms with van der Waals surface area (Å²) in [6.45, 7) is 3.70. The summed E-state index contributed by atoms with van der Waals surface area (Å²) in [6.07, 6.45) is -3.63. The fourth-order valence-electron chi connectivity index (χ4n) is 2.96. The van der Waals surface area contributed by atoms with Gasteiger partial charge in [0.15, 0.2) is 18.3 Å². The molecular formula is C18H19NO7S. The van der Waals surface area contributed by atoms with Gasteiger partial charge in [0.05, 0.1) is 16.8 Å². The molecule has 0 unspecified atom stereocenters. The van der Waals surface area contributed by atoms with E-state index in [4.69, 9.17) is 18.9 Å². The molecule has 0 saturated carbocycles. The predicted octanol–water partition coefficient (Wildman–Crippen LogP) is 2.16. The van der Waals surface area contributed by atoms with Crippen molar-refractivity contribution in [2.24, 2.45) is 0 Å². The highest BCUT2D eigenvalue weighted by Gasteiger charge is 2.48. The van der Waals surface area contributed by atoms with E-state index in [2.05, 4.69) is 4.98 Å². The standard InChI is InChI=1S/C18H19NO7S/c1-9(20)24-13-8-23-17(16(26-11(3)22)15(13)25-10(2)21)18-19-12-6-4-5-7-14(12)27-18/h4-7,13,15-17H,8H2,1-3H3/t13-,15-,16+,17+/m1/s1. The van der Waals surface area contributed by atoms with Crippen molar-refractivity contribution in [1.82, 2.24) is 4.98 Å². The first-order valence-electron chi connectivity index (χ1n) is 8.34. The Hall–Kier alpha value is -2.52. The lowest BCUT2D eigenvalue weighted by molar-refractivity contribution is -0.227. The summed E-state index contributed by atoms with van der Waals surface area (Å²) in [5, 5.41) is 0.584. The summed E-state index contributed by atoms with van der Waals surface area (Å²) >= 11 is 1.40. The summed E-state index contributed by atoms with van der Waals surface area (Å²) in [7, 11) is 0. The van der Waals surface area contributed by atoms with E-state index in [1.165, 1.54) is 32.1 Å².